The van der Waals surface area contributed by atoms with Crippen molar-refractivity contribution in [1.29, 1.82) is 0 Å². The van der Waals surface area contributed by atoms with Crippen LogP contribution in [0.5, 0.6) is 0 Å². The first-order valence-electron chi connectivity index (χ1n) is 6.52. The van der Waals surface area contributed by atoms with Crippen LogP contribution in [0, 0.1) is 6.92 Å². The van der Waals surface area contributed by atoms with Crippen LogP contribution in [-0.2, 0) is 7.05 Å². The van der Waals surface area contributed by atoms with Crippen LogP contribution >= 0.6 is 0 Å². The fraction of sp³-hybridized carbons (Fsp3) is 0.462. The SMILES string of the molecule is Cc1ncc(-c2cncc(NC3CCNC3)n2)n1C. The third kappa shape index (κ3) is 2.44. The zero-order valence-corrected chi connectivity index (χ0v) is 11.2. The average molecular weight is 258 g/mol. The van der Waals surface area contributed by atoms with Gasteiger partial charge in [0.05, 0.1) is 24.3 Å². The molecule has 3 heterocycles. The number of anilines is 1. The van der Waals surface area contributed by atoms with E-state index in [-0.39, 0.29) is 0 Å². The highest BCUT2D eigenvalue weighted by Gasteiger charge is 2.15. The molecule has 0 spiro atoms. The summed E-state index contributed by atoms with van der Waals surface area (Å²) in [6, 6.07) is 0.442. The van der Waals surface area contributed by atoms with Gasteiger partial charge in [0, 0.05) is 19.6 Å². The molecular weight excluding hydrogens is 240 g/mol. The third-order valence-corrected chi connectivity index (χ3v) is 3.53. The topological polar surface area (TPSA) is 67.7 Å². The van der Waals surface area contributed by atoms with Gasteiger partial charge in [0.2, 0.25) is 0 Å². The molecule has 100 valence electrons. The van der Waals surface area contributed by atoms with Gasteiger partial charge in [0.15, 0.2) is 0 Å². The van der Waals surface area contributed by atoms with Gasteiger partial charge in [0.25, 0.3) is 0 Å². The lowest BCUT2D eigenvalue weighted by atomic mass is 10.2. The Hall–Kier alpha value is -1.95. The van der Waals surface area contributed by atoms with Crippen molar-refractivity contribution in [1.82, 2.24) is 24.8 Å². The minimum Gasteiger partial charge on any atom is -0.365 e. The summed E-state index contributed by atoms with van der Waals surface area (Å²) in [5, 5.41) is 6.74. The molecule has 0 amide bonds. The molecule has 2 N–H and O–H groups in total. The fourth-order valence-electron chi connectivity index (χ4n) is 2.29. The van der Waals surface area contributed by atoms with Gasteiger partial charge < -0.3 is 15.2 Å². The van der Waals surface area contributed by atoms with E-state index in [1.54, 1.807) is 12.4 Å². The van der Waals surface area contributed by atoms with Crippen molar-refractivity contribution >= 4 is 5.82 Å². The second kappa shape index (κ2) is 4.97. The molecule has 1 atom stereocenters. The molecule has 1 aliphatic heterocycles. The zero-order chi connectivity index (χ0) is 13.2. The molecule has 19 heavy (non-hydrogen) atoms. The predicted octanol–water partition coefficient (Wildman–Crippen LogP) is 0.959. The Balaban J connectivity index is 1.85. The quantitative estimate of drug-likeness (QED) is 0.858. The Bertz CT molecular complexity index is 570. The summed E-state index contributed by atoms with van der Waals surface area (Å²) < 4.78 is 2.02. The Kier molecular flexibility index (Phi) is 3.16. The molecule has 0 bridgehead atoms. The molecule has 3 rings (SSSR count). The highest BCUT2D eigenvalue weighted by molar-refractivity contribution is 5.55. The van der Waals surface area contributed by atoms with Crippen molar-refractivity contribution in [2.24, 2.45) is 7.05 Å². The number of hydrogen-bond acceptors (Lipinski definition) is 5. The van der Waals surface area contributed by atoms with Crippen LogP contribution in [0.3, 0.4) is 0 Å². The second-order valence-electron chi connectivity index (χ2n) is 4.87. The van der Waals surface area contributed by atoms with Gasteiger partial charge in [-0.25, -0.2) is 9.97 Å². The minimum atomic E-state index is 0.442. The molecule has 1 saturated heterocycles. The lowest BCUT2D eigenvalue weighted by Gasteiger charge is -2.12. The highest BCUT2D eigenvalue weighted by atomic mass is 15.1. The van der Waals surface area contributed by atoms with E-state index >= 15 is 0 Å². The molecule has 1 aliphatic rings. The van der Waals surface area contributed by atoms with Gasteiger partial charge in [-0.05, 0) is 19.9 Å². The molecule has 1 fully saturated rings. The number of aryl methyl sites for hydroxylation is 1. The molecule has 6 heteroatoms. The monoisotopic (exact) mass is 258 g/mol. The smallest absolute Gasteiger partial charge is 0.145 e. The van der Waals surface area contributed by atoms with Crippen LogP contribution in [-0.4, -0.2) is 38.7 Å². The van der Waals surface area contributed by atoms with Crippen LogP contribution in [0.15, 0.2) is 18.6 Å². The van der Waals surface area contributed by atoms with E-state index in [0.29, 0.717) is 6.04 Å². The predicted molar refractivity (Wildman–Crippen MR) is 73.9 cm³/mol. The first-order valence-corrected chi connectivity index (χ1v) is 6.52. The average Bonchev–Trinajstić information content (AvgIpc) is 3.02. The van der Waals surface area contributed by atoms with Gasteiger partial charge in [-0.15, -0.1) is 0 Å². The van der Waals surface area contributed by atoms with Crippen LogP contribution < -0.4 is 10.6 Å². The van der Waals surface area contributed by atoms with Crippen LogP contribution in [0.1, 0.15) is 12.2 Å². The van der Waals surface area contributed by atoms with Gasteiger partial charge in [-0.1, -0.05) is 0 Å². The van der Waals surface area contributed by atoms with Crippen molar-refractivity contribution in [2.75, 3.05) is 18.4 Å². The summed E-state index contributed by atoms with van der Waals surface area (Å²) in [6.45, 7) is 4.02. The van der Waals surface area contributed by atoms with Crippen molar-refractivity contribution in [3.8, 4) is 11.4 Å². The number of nitrogens with zero attached hydrogens (tertiary/aromatic N) is 4. The molecule has 2 aromatic heterocycles. The van der Waals surface area contributed by atoms with E-state index in [2.05, 4.69) is 25.6 Å². The van der Waals surface area contributed by atoms with E-state index < -0.39 is 0 Å². The van der Waals surface area contributed by atoms with E-state index in [0.717, 1.165) is 42.5 Å². The van der Waals surface area contributed by atoms with Crippen molar-refractivity contribution in [3.63, 3.8) is 0 Å². The summed E-state index contributed by atoms with van der Waals surface area (Å²) in [5.74, 6) is 1.79. The maximum absolute atomic E-state index is 4.62. The molecule has 0 saturated carbocycles. The summed E-state index contributed by atoms with van der Waals surface area (Å²) in [6.07, 6.45) is 6.50. The Morgan fingerprint density at radius 2 is 2.26 bits per heavy atom. The molecule has 6 nitrogen and oxygen atoms in total. The number of nitrogens with one attached hydrogen (secondary N) is 2. The van der Waals surface area contributed by atoms with E-state index in [1.165, 1.54) is 0 Å². The largest absolute Gasteiger partial charge is 0.365 e. The normalized spacial score (nSPS) is 18.7. The Morgan fingerprint density at radius 1 is 1.37 bits per heavy atom. The van der Waals surface area contributed by atoms with Gasteiger partial charge in [-0.2, -0.15) is 0 Å². The van der Waals surface area contributed by atoms with Gasteiger partial charge in [-0.3, -0.25) is 4.98 Å². The molecular formula is C13H18N6. The van der Waals surface area contributed by atoms with Crippen LogP contribution in [0.4, 0.5) is 5.82 Å². The van der Waals surface area contributed by atoms with E-state index in [9.17, 15) is 0 Å². The molecule has 0 aliphatic carbocycles. The summed E-state index contributed by atoms with van der Waals surface area (Å²) in [4.78, 5) is 13.2. The Labute approximate surface area is 112 Å². The lowest BCUT2D eigenvalue weighted by Crippen LogP contribution is -2.22. The zero-order valence-electron chi connectivity index (χ0n) is 11.2. The standard InChI is InChI=1S/C13H18N6/c1-9-16-7-12(19(9)2)11-6-15-8-13(18-11)17-10-3-4-14-5-10/h6-8,10,14H,3-5H2,1-2H3,(H,17,18). The first-order chi connectivity index (χ1) is 9.24. The molecule has 1 unspecified atom stereocenters. The van der Waals surface area contributed by atoms with Crippen molar-refractivity contribution in [2.45, 2.75) is 19.4 Å². The number of rotatable bonds is 3. The number of hydrogen-bond donors (Lipinski definition) is 2. The maximum atomic E-state index is 4.62. The van der Waals surface area contributed by atoms with E-state index in [4.69, 9.17) is 0 Å². The molecule has 0 aromatic carbocycles. The molecule has 2 aromatic rings. The third-order valence-electron chi connectivity index (χ3n) is 3.53. The summed E-state index contributed by atoms with van der Waals surface area (Å²) >= 11 is 0. The molecule has 0 radical (unpaired) electrons. The summed E-state index contributed by atoms with van der Waals surface area (Å²) in [7, 11) is 1.99. The van der Waals surface area contributed by atoms with Crippen LogP contribution in [0.2, 0.25) is 0 Å². The first kappa shape index (κ1) is 12.1. The maximum Gasteiger partial charge on any atom is 0.145 e. The van der Waals surface area contributed by atoms with Crippen LogP contribution in [0.25, 0.3) is 11.4 Å². The van der Waals surface area contributed by atoms with Crippen molar-refractivity contribution < 1.29 is 0 Å². The number of aromatic nitrogens is 4. The van der Waals surface area contributed by atoms with E-state index in [1.807, 2.05) is 24.7 Å². The minimum absolute atomic E-state index is 0.442. The van der Waals surface area contributed by atoms with Gasteiger partial charge >= 0.3 is 0 Å². The second-order valence-corrected chi connectivity index (χ2v) is 4.87. The van der Waals surface area contributed by atoms with Gasteiger partial charge in [0.1, 0.15) is 17.3 Å². The number of imidazole rings is 1. The van der Waals surface area contributed by atoms with Crippen molar-refractivity contribution in [3.05, 3.63) is 24.4 Å². The summed E-state index contributed by atoms with van der Waals surface area (Å²) in [5.41, 5.74) is 1.83. The lowest BCUT2D eigenvalue weighted by molar-refractivity contribution is 0.786. The highest BCUT2D eigenvalue weighted by Crippen LogP contribution is 2.18. The Morgan fingerprint density at radius 3 is 2.95 bits per heavy atom. The fourth-order valence-corrected chi connectivity index (χ4v) is 2.29.